The highest BCUT2D eigenvalue weighted by atomic mass is 35.5. The molecule has 6 rings (SSSR count). The average Bonchev–Trinajstić information content (AvgIpc) is 1.70. The lowest BCUT2D eigenvalue weighted by Crippen LogP contribution is -2.26. The standard InChI is InChI=1S/C27H41ClO6.C26H41ClO6P2.C22H33ClO7P2.4H2/c1-27(2,3)26(32)33-15-8-6-4-5-7-12-22-23(25(31)17-24(22)30)14-13-20(29)18-34-21-11-9-10-19(28)16-21;1-26(2,3)25(29)30-14-7-5-4-6-11-21-22(24(33-35)16-23(21)28)13-12-20(32-34)17-31-19-10-8-9-18(27)15-19;23-15-6-5-7-16(12-15)27-14-17(29-31)10-11-19-18(20(24)13-21(19)30-32)8-3-1-2-4-9-22(25)28-26;;;;/h5,7,9-11,16,20,22-25,29-31H,4,6,8,12-15,17-18H2,1-3H3;4,6,8-10,15,20-24,28H,5,7,11-14,16-17,34-35H2,1-3H3;1,3,5-7,12,17-21,24,26H,2,4,8-11,13-14,31-32H2;4*1H/b7-5-;6-4-;3-1-;;;;/t20?,22-,23-,24?,25?;20?,21-,22-,23?,24?;17?,18-,19-,20?,21?;;;;/m111..../s1/i;;;4*1+2. The Hall–Kier alpha value is -3.12. The largest absolute Gasteiger partial charge is 0.491 e. The SMILES string of the molecule is CC(C)(C)C(=O)OCCC/C=C\C[C@H]1C(O)CC(OP)[C@@H]1CCC(COc1cccc(Cl)c1)OP.CC(C)(C)C(=O)OCCCC/C=C\C[C@H]1C(O)CC(O)[C@@H]1CCC(O)COc1cccc(Cl)c1.O=C(CCC/C=C\C[C@H]1C(O)CC(OP)[C@@H]1CCC(COc1cccc(Cl)c1)OP)OO.[3HH].[3HH].[3HH].[3HH]. The highest BCUT2D eigenvalue weighted by molar-refractivity contribution is 7.10. The van der Waals surface area contributed by atoms with Crippen LogP contribution in [0.4, 0.5) is 0 Å². The summed E-state index contributed by atoms with van der Waals surface area (Å²) in [6.07, 6.45) is 23.4. The van der Waals surface area contributed by atoms with Crippen LogP contribution in [-0.4, -0.2) is 137 Å². The van der Waals surface area contributed by atoms with Crippen LogP contribution in [-0.2, 0) is 46.8 Å². The van der Waals surface area contributed by atoms with Gasteiger partial charge in [-0.1, -0.05) is 89.5 Å². The molecule has 101 heavy (non-hydrogen) atoms. The van der Waals surface area contributed by atoms with E-state index in [1.807, 2.05) is 84.0 Å². The first-order chi connectivity index (χ1) is 48.2. The predicted molar refractivity (Wildman–Crippen MR) is 418 cm³/mol. The van der Waals surface area contributed by atoms with Crippen LogP contribution >= 0.6 is 72.7 Å². The number of halogens is 3. The van der Waals surface area contributed by atoms with Gasteiger partial charge >= 0.3 is 17.9 Å². The molecule has 0 heterocycles. The van der Waals surface area contributed by atoms with Gasteiger partial charge in [-0.15, -0.1) is 0 Å². The summed E-state index contributed by atoms with van der Waals surface area (Å²) in [4.78, 5) is 38.1. The number of ether oxygens (including phenoxy) is 5. The van der Waals surface area contributed by atoms with Gasteiger partial charge in [-0.05, 0) is 241 Å². The lowest BCUT2D eigenvalue weighted by atomic mass is 9.86. The number of carbonyl (C=O) groups is 3. The van der Waals surface area contributed by atoms with E-state index in [-0.39, 0.29) is 90.6 Å². The maximum atomic E-state index is 11.8. The van der Waals surface area contributed by atoms with Crippen LogP contribution < -0.4 is 14.2 Å². The average molecular weight is 1570 g/mol. The summed E-state index contributed by atoms with van der Waals surface area (Å²) in [5, 5.41) is 62.5. The topological polar surface area (TPSA) is 265 Å². The fraction of sp³-hybridized carbons (Fsp3) is 0.640. The van der Waals surface area contributed by atoms with Crippen molar-refractivity contribution in [2.75, 3.05) is 33.0 Å². The van der Waals surface area contributed by atoms with Gasteiger partial charge in [0.2, 0.25) is 0 Å². The van der Waals surface area contributed by atoms with Crippen LogP contribution in [0.3, 0.4) is 0 Å². The number of hydrogen-bond donors (Lipinski definition) is 6. The van der Waals surface area contributed by atoms with Crippen molar-refractivity contribution in [3.63, 3.8) is 0 Å². The number of esters is 2. The molecule has 19 atom stereocenters. The van der Waals surface area contributed by atoms with E-state index in [1.54, 1.807) is 42.5 Å². The summed E-state index contributed by atoms with van der Waals surface area (Å²) in [5.74, 6) is 1.56. The van der Waals surface area contributed by atoms with Crippen molar-refractivity contribution in [2.24, 2.45) is 46.3 Å². The zero-order chi connectivity index (χ0) is 74.3. The van der Waals surface area contributed by atoms with E-state index in [2.05, 4.69) is 67.1 Å². The molecule has 0 radical (unpaired) electrons. The van der Waals surface area contributed by atoms with E-state index in [1.165, 1.54) is 0 Å². The summed E-state index contributed by atoms with van der Waals surface area (Å²) >= 11 is 18.0. The summed E-state index contributed by atoms with van der Waals surface area (Å²) < 4.78 is 50.2. The Kier molecular flexibility index (Phi) is 44.4. The lowest BCUT2D eigenvalue weighted by Gasteiger charge is -2.26. The summed E-state index contributed by atoms with van der Waals surface area (Å²) in [7, 11) is 9.32. The van der Waals surface area contributed by atoms with E-state index >= 15 is 0 Å². The van der Waals surface area contributed by atoms with Crippen LogP contribution in [0.25, 0.3) is 0 Å². The minimum Gasteiger partial charge on any atom is -0.491 e. The molecule has 0 spiro atoms. The third-order valence-electron chi connectivity index (χ3n) is 18.5. The molecule has 3 aromatic carbocycles. The maximum Gasteiger partial charge on any atom is 0.342 e. The molecule has 0 saturated heterocycles. The van der Waals surface area contributed by atoms with Crippen molar-refractivity contribution in [1.29, 1.82) is 0 Å². The smallest absolute Gasteiger partial charge is 0.342 e. The number of allylic oxidation sites excluding steroid dienone is 6. The fourth-order valence-electron chi connectivity index (χ4n) is 12.7. The molecule has 578 valence electrons. The molecule has 19 nitrogen and oxygen atoms in total. The number of unbranched alkanes of at least 4 members (excludes halogenated alkanes) is 4. The monoisotopic (exact) mass is 1560 g/mol. The quantitative estimate of drug-likeness (QED) is 0.00586. The fourth-order valence-corrected chi connectivity index (χ4v) is 14.3. The lowest BCUT2D eigenvalue weighted by molar-refractivity contribution is -0.234. The molecule has 0 aliphatic heterocycles. The van der Waals surface area contributed by atoms with E-state index in [4.69, 9.17) is 81.8 Å². The molecule has 0 bridgehead atoms. The molecule has 0 aromatic heterocycles. The van der Waals surface area contributed by atoms with Crippen LogP contribution in [0, 0.1) is 46.3 Å². The van der Waals surface area contributed by atoms with Crippen molar-refractivity contribution in [3.05, 3.63) is 124 Å². The third kappa shape index (κ3) is 35.4. The minimum absolute atomic E-state index is 0. The highest BCUT2D eigenvalue weighted by Crippen LogP contribution is 2.43. The van der Waals surface area contributed by atoms with Crippen LogP contribution in [0.5, 0.6) is 17.2 Å². The van der Waals surface area contributed by atoms with Gasteiger partial charge in [0, 0.05) is 77.9 Å². The molecular formula is C75H123Cl3O19P4. The molecular weight excluding hydrogens is 1440 g/mol. The number of rotatable bonds is 41. The molecule has 0 amide bonds. The van der Waals surface area contributed by atoms with Gasteiger partial charge in [0.25, 0.3) is 0 Å². The normalized spacial score (nSPS) is 23.8. The van der Waals surface area contributed by atoms with Gasteiger partial charge in [0.05, 0.1) is 79.0 Å². The molecule has 6 N–H and O–H groups in total. The second-order valence-corrected chi connectivity index (χ2v) is 30.8. The molecule has 13 unspecified atom stereocenters. The number of aliphatic hydroxyl groups is 5. The first kappa shape index (κ1) is 90.3. The first-order valence-electron chi connectivity index (χ1n) is 35.3. The number of hydrogen-bond acceptors (Lipinski definition) is 19. The van der Waals surface area contributed by atoms with Crippen molar-refractivity contribution in [3.8, 4) is 17.2 Å². The molecule has 3 aliphatic carbocycles. The molecule has 3 aliphatic rings. The summed E-state index contributed by atoms with van der Waals surface area (Å²) in [5.41, 5.74) is -0.941. The van der Waals surface area contributed by atoms with Gasteiger partial charge in [0.15, 0.2) is 0 Å². The van der Waals surface area contributed by atoms with Crippen molar-refractivity contribution < 1.29 is 97.5 Å². The Morgan fingerprint density at radius 3 is 1.29 bits per heavy atom. The van der Waals surface area contributed by atoms with Crippen LogP contribution in [0.1, 0.15) is 176 Å². The van der Waals surface area contributed by atoms with Gasteiger partial charge in [-0.25, -0.2) is 4.79 Å². The van der Waals surface area contributed by atoms with Crippen molar-refractivity contribution >= 4 is 90.6 Å². The van der Waals surface area contributed by atoms with Gasteiger partial charge in [-0.2, -0.15) is 5.26 Å². The number of carbonyl (C=O) groups excluding carboxylic acids is 3. The zero-order valence-electron chi connectivity index (χ0n) is 59.7. The molecule has 3 fully saturated rings. The Morgan fingerprint density at radius 1 is 0.505 bits per heavy atom. The highest BCUT2D eigenvalue weighted by Gasteiger charge is 2.44. The van der Waals surface area contributed by atoms with Crippen LogP contribution in [0.15, 0.2) is 109 Å². The maximum absolute atomic E-state index is 11.8. The Balaban J connectivity index is 0.00000152. The van der Waals surface area contributed by atoms with Gasteiger partial charge in [-0.3, -0.25) is 9.59 Å². The van der Waals surface area contributed by atoms with E-state index in [9.17, 15) is 39.9 Å². The Bertz CT molecular complexity index is 2930. The minimum atomic E-state index is -0.660. The predicted octanol–water partition coefficient (Wildman–Crippen LogP) is 17.0. The Morgan fingerprint density at radius 2 is 0.881 bits per heavy atom. The molecule has 3 aromatic rings. The van der Waals surface area contributed by atoms with Crippen LogP contribution in [0.2, 0.25) is 15.1 Å². The van der Waals surface area contributed by atoms with Crippen molar-refractivity contribution in [2.45, 2.75) is 225 Å². The zero-order valence-corrected chi connectivity index (χ0v) is 66.6. The van der Waals surface area contributed by atoms with E-state index in [0.717, 1.165) is 70.6 Å². The molecule has 26 heteroatoms. The Labute approximate surface area is 630 Å². The second-order valence-electron chi connectivity index (χ2n) is 28.4. The molecule has 3 saturated carbocycles. The second kappa shape index (κ2) is 49.7. The number of benzene rings is 3. The third-order valence-corrected chi connectivity index (χ3v) is 20.7. The van der Waals surface area contributed by atoms with Gasteiger partial charge < -0.3 is 72.2 Å². The summed E-state index contributed by atoms with van der Waals surface area (Å²) in [6, 6.07) is 21.6. The van der Waals surface area contributed by atoms with E-state index < -0.39 is 47.3 Å². The van der Waals surface area contributed by atoms with Crippen molar-refractivity contribution in [1.82, 2.24) is 0 Å². The van der Waals surface area contributed by atoms with E-state index in [0.29, 0.717) is 110 Å². The first-order valence-corrected chi connectivity index (χ1v) is 38.3. The van der Waals surface area contributed by atoms with Gasteiger partial charge in [0.1, 0.15) is 37.1 Å². The number of aliphatic hydroxyl groups excluding tert-OH is 5. The summed E-state index contributed by atoms with van der Waals surface area (Å²) in [6.45, 7) is 12.9.